The largest absolute Gasteiger partial charge is 0.355 e. The van der Waals surface area contributed by atoms with E-state index in [2.05, 4.69) is 35.9 Å². The third kappa shape index (κ3) is 4.50. The van der Waals surface area contributed by atoms with Gasteiger partial charge >= 0.3 is 0 Å². The number of amides is 1. The van der Waals surface area contributed by atoms with Crippen LogP contribution in [-0.4, -0.2) is 27.3 Å². The summed E-state index contributed by atoms with van der Waals surface area (Å²) in [7, 11) is 0. The number of aryl methyl sites for hydroxylation is 1. The maximum Gasteiger partial charge on any atom is 0.233 e. The van der Waals surface area contributed by atoms with Crippen LogP contribution in [0.15, 0.2) is 35.5 Å². The van der Waals surface area contributed by atoms with Gasteiger partial charge in [-0.25, -0.2) is 4.98 Å². The number of carbonyl (C=O) groups excluding carboxylic acids is 1. The predicted octanol–water partition coefficient (Wildman–Crippen LogP) is 4.45. The fourth-order valence-electron chi connectivity index (χ4n) is 3.60. The first-order valence-electron chi connectivity index (χ1n) is 9.60. The summed E-state index contributed by atoms with van der Waals surface area (Å²) in [5.41, 5.74) is 3.57. The van der Waals surface area contributed by atoms with E-state index in [9.17, 15) is 4.79 Å². The number of nitrogens with one attached hydrogen (secondary N) is 1. The molecule has 1 aliphatic carbocycles. The number of hydrogen-bond donors (Lipinski definition) is 1. The van der Waals surface area contributed by atoms with Gasteiger partial charge < -0.3 is 9.88 Å². The van der Waals surface area contributed by atoms with Crippen molar-refractivity contribution in [2.75, 3.05) is 6.54 Å². The highest BCUT2D eigenvalue weighted by Gasteiger charge is 2.25. The number of aromatic nitrogens is 2. The fourth-order valence-corrected chi connectivity index (χ4v) is 4.70. The summed E-state index contributed by atoms with van der Waals surface area (Å²) in [5.74, 6) is 0.0854. The molecule has 3 rings (SSSR count). The van der Waals surface area contributed by atoms with Gasteiger partial charge in [-0.1, -0.05) is 54.9 Å². The average molecular weight is 372 g/mol. The van der Waals surface area contributed by atoms with Crippen molar-refractivity contribution >= 4 is 17.7 Å². The Labute approximate surface area is 160 Å². The zero-order chi connectivity index (χ0) is 18.5. The average Bonchev–Trinajstić information content (AvgIpc) is 3.24. The minimum absolute atomic E-state index is 0.0854. The number of hydrogen-bond acceptors (Lipinski definition) is 3. The van der Waals surface area contributed by atoms with Gasteiger partial charge in [0, 0.05) is 18.3 Å². The Morgan fingerprint density at radius 1 is 1.27 bits per heavy atom. The molecule has 0 aliphatic heterocycles. The summed E-state index contributed by atoms with van der Waals surface area (Å²) in [6.07, 6.45) is 5.89. The van der Waals surface area contributed by atoms with E-state index in [1.54, 1.807) is 11.8 Å². The molecule has 1 saturated carbocycles. The number of nitrogens with zero attached hydrogens (tertiary/aromatic N) is 2. The minimum Gasteiger partial charge on any atom is -0.355 e. The molecular formula is C21H29N3OS. The summed E-state index contributed by atoms with van der Waals surface area (Å²) in [5, 5.41) is 3.92. The normalized spacial score (nSPS) is 16.0. The topological polar surface area (TPSA) is 46.9 Å². The van der Waals surface area contributed by atoms with Crippen molar-refractivity contribution in [3.05, 3.63) is 47.3 Å². The van der Waals surface area contributed by atoms with E-state index < -0.39 is 0 Å². The molecule has 140 valence electrons. The molecule has 1 aromatic carbocycles. The van der Waals surface area contributed by atoms with Crippen LogP contribution in [0.25, 0.3) is 0 Å². The molecule has 0 spiro atoms. The lowest BCUT2D eigenvalue weighted by Crippen LogP contribution is -2.32. The van der Waals surface area contributed by atoms with Gasteiger partial charge in [-0.15, -0.1) is 0 Å². The number of imidazole rings is 1. The first kappa shape index (κ1) is 19.0. The Morgan fingerprint density at radius 3 is 2.65 bits per heavy atom. The molecule has 4 nitrogen and oxygen atoms in total. The van der Waals surface area contributed by atoms with Gasteiger partial charge in [0.25, 0.3) is 0 Å². The Bertz CT molecular complexity index is 735. The summed E-state index contributed by atoms with van der Waals surface area (Å²) in [6, 6.07) is 10.8. The lowest BCUT2D eigenvalue weighted by atomic mass is 10.1. The molecule has 1 heterocycles. The standard InChI is InChI=1S/C21H29N3OS/c1-15-16(2)24(19-11-7-8-12-19)21(23-15)26-17(3)20(25)22-14-13-18-9-5-4-6-10-18/h4-6,9-10,17,19H,7-8,11-14H2,1-3H3,(H,22,25). The second-order valence-electron chi connectivity index (χ2n) is 7.16. The second-order valence-corrected chi connectivity index (χ2v) is 8.47. The molecule has 1 unspecified atom stereocenters. The molecule has 5 heteroatoms. The maximum atomic E-state index is 12.5. The van der Waals surface area contributed by atoms with Crippen LogP contribution >= 0.6 is 11.8 Å². The van der Waals surface area contributed by atoms with Crippen LogP contribution in [0.4, 0.5) is 0 Å². The highest BCUT2D eigenvalue weighted by molar-refractivity contribution is 8.00. The summed E-state index contributed by atoms with van der Waals surface area (Å²) in [4.78, 5) is 17.2. The van der Waals surface area contributed by atoms with Crippen LogP contribution < -0.4 is 5.32 Å². The van der Waals surface area contributed by atoms with Crippen molar-refractivity contribution in [1.82, 2.24) is 14.9 Å². The van der Waals surface area contributed by atoms with E-state index >= 15 is 0 Å². The molecule has 1 fully saturated rings. The molecule has 26 heavy (non-hydrogen) atoms. The highest BCUT2D eigenvalue weighted by Crippen LogP contribution is 2.36. The van der Waals surface area contributed by atoms with Crippen molar-refractivity contribution in [3.8, 4) is 0 Å². The fraction of sp³-hybridized carbons (Fsp3) is 0.524. The van der Waals surface area contributed by atoms with Gasteiger partial charge in [0.15, 0.2) is 5.16 Å². The van der Waals surface area contributed by atoms with E-state index in [0.29, 0.717) is 12.6 Å². The van der Waals surface area contributed by atoms with Crippen molar-refractivity contribution in [2.45, 2.75) is 69.3 Å². The van der Waals surface area contributed by atoms with Crippen LogP contribution in [0.5, 0.6) is 0 Å². The summed E-state index contributed by atoms with van der Waals surface area (Å²) < 4.78 is 2.38. The summed E-state index contributed by atoms with van der Waals surface area (Å²) >= 11 is 1.59. The molecule has 1 atom stereocenters. The van der Waals surface area contributed by atoms with Gasteiger partial charge in [0.2, 0.25) is 5.91 Å². The molecule has 2 aromatic rings. The van der Waals surface area contributed by atoms with Gasteiger partial charge in [-0.3, -0.25) is 4.79 Å². The molecule has 0 bridgehead atoms. The first-order valence-corrected chi connectivity index (χ1v) is 10.5. The zero-order valence-corrected chi connectivity index (χ0v) is 16.8. The number of benzene rings is 1. The van der Waals surface area contributed by atoms with E-state index in [0.717, 1.165) is 17.3 Å². The SMILES string of the molecule is Cc1nc(SC(C)C(=O)NCCc2ccccc2)n(C2CCCC2)c1C. The number of rotatable bonds is 7. The van der Waals surface area contributed by atoms with Crippen molar-refractivity contribution in [2.24, 2.45) is 0 Å². The third-order valence-electron chi connectivity index (χ3n) is 5.25. The smallest absolute Gasteiger partial charge is 0.233 e. The van der Waals surface area contributed by atoms with Gasteiger partial charge in [-0.05, 0) is 45.6 Å². The molecule has 0 radical (unpaired) electrons. The van der Waals surface area contributed by atoms with E-state index in [1.807, 2.05) is 25.1 Å². The number of thioether (sulfide) groups is 1. The van der Waals surface area contributed by atoms with Crippen molar-refractivity contribution < 1.29 is 4.79 Å². The lowest BCUT2D eigenvalue weighted by molar-refractivity contribution is -0.120. The van der Waals surface area contributed by atoms with Gasteiger partial charge in [0.1, 0.15) is 0 Å². The third-order valence-corrected chi connectivity index (χ3v) is 6.32. The Hall–Kier alpha value is -1.75. The Kier molecular flexibility index (Phi) is 6.41. The van der Waals surface area contributed by atoms with Crippen LogP contribution in [0.3, 0.4) is 0 Å². The van der Waals surface area contributed by atoms with Crippen molar-refractivity contribution in [1.29, 1.82) is 0 Å². The van der Waals surface area contributed by atoms with Crippen LogP contribution in [0.1, 0.15) is 55.6 Å². The van der Waals surface area contributed by atoms with Gasteiger partial charge in [0.05, 0.1) is 10.9 Å². The van der Waals surface area contributed by atoms with E-state index in [-0.39, 0.29) is 11.2 Å². The van der Waals surface area contributed by atoms with E-state index in [1.165, 1.54) is 36.9 Å². The molecule has 1 aromatic heterocycles. The second kappa shape index (κ2) is 8.76. The van der Waals surface area contributed by atoms with Gasteiger partial charge in [-0.2, -0.15) is 0 Å². The highest BCUT2D eigenvalue weighted by atomic mass is 32.2. The summed E-state index contributed by atoms with van der Waals surface area (Å²) in [6.45, 7) is 6.86. The quantitative estimate of drug-likeness (QED) is 0.731. The van der Waals surface area contributed by atoms with Crippen molar-refractivity contribution in [3.63, 3.8) is 0 Å². The minimum atomic E-state index is -0.146. The van der Waals surface area contributed by atoms with Crippen LogP contribution in [-0.2, 0) is 11.2 Å². The lowest BCUT2D eigenvalue weighted by Gasteiger charge is -2.18. The maximum absolute atomic E-state index is 12.5. The first-order chi connectivity index (χ1) is 12.6. The zero-order valence-electron chi connectivity index (χ0n) is 16.0. The molecule has 1 aliphatic rings. The molecule has 0 saturated heterocycles. The monoisotopic (exact) mass is 371 g/mol. The Balaban J connectivity index is 1.58. The molecule has 1 amide bonds. The molecular weight excluding hydrogens is 342 g/mol. The van der Waals surface area contributed by atoms with E-state index in [4.69, 9.17) is 4.98 Å². The van der Waals surface area contributed by atoms with Crippen LogP contribution in [0.2, 0.25) is 0 Å². The molecule has 1 N–H and O–H groups in total. The number of carbonyl (C=O) groups is 1. The Morgan fingerprint density at radius 2 is 1.96 bits per heavy atom. The van der Waals surface area contributed by atoms with Crippen LogP contribution in [0, 0.1) is 13.8 Å². The predicted molar refractivity (Wildman–Crippen MR) is 108 cm³/mol.